The SMILES string of the molecule is CCNc1cccc2occc12. The fraction of sp³-hybridized carbons (Fsp3) is 0.200. The van der Waals surface area contributed by atoms with E-state index in [1.807, 2.05) is 18.2 Å². The van der Waals surface area contributed by atoms with Gasteiger partial charge >= 0.3 is 0 Å². The fourth-order valence-electron chi connectivity index (χ4n) is 1.34. The van der Waals surface area contributed by atoms with Gasteiger partial charge in [0.15, 0.2) is 0 Å². The molecule has 1 aromatic carbocycles. The molecule has 0 atom stereocenters. The Morgan fingerprint density at radius 1 is 1.33 bits per heavy atom. The third-order valence-electron chi connectivity index (χ3n) is 1.86. The maximum atomic E-state index is 5.26. The van der Waals surface area contributed by atoms with Crippen molar-refractivity contribution in [3.63, 3.8) is 0 Å². The predicted molar refractivity (Wildman–Crippen MR) is 50.4 cm³/mol. The number of fused-ring (bicyclic) bond motifs is 1. The van der Waals surface area contributed by atoms with Crippen LogP contribution in [0.25, 0.3) is 11.0 Å². The monoisotopic (exact) mass is 161 g/mol. The molecule has 0 aliphatic carbocycles. The summed E-state index contributed by atoms with van der Waals surface area (Å²) >= 11 is 0. The Hall–Kier alpha value is -1.44. The van der Waals surface area contributed by atoms with Crippen LogP contribution in [0.2, 0.25) is 0 Å². The van der Waals surface area contributed by atoms with Crippen LogP contribution in [0, 0.1) is 0 Å². The molecule has 0 fully saturated rings. The third-order valence-corrected chi connectivity index (χ3v) is 1.86. The third kappa shape index (κ3) is 1.05. The Morgan fingerprint density at radius 3 is 3.08 bits per heavy atom. The first-order valence-corrected chi connectivity index (χ1v) is 4.12. The number of furan rings is 1. The van der Waals surface area contributed by atoms with Gasteiger partial charge in [0.05, 0.1) is 6.26 Å². The number of hydrogen-bond donors (Lipinski definition) is 1. The van der Waals surface area contributed by atoms with Crippen LogP contribution in [0.15, 0.2) is 34.9 Å². The molecule has 62 valence electrons. The largest absolute Gasteiger partial charge is 0.464 e. The first kappa shape index (κ1) is 7.22. The second-order valence-corrected chi connectivity index (χ2v) is 2.67. The first-order valence-electron chi connectivity index (χ1n) is 4.12. The minimum atomic E-state index is 0.935. The average Bonchev–Trinajstić information content (AvgIpc) is 2.53. The number of rotatable bonds is 2. The van der Waals surface area contributed by atoms with Crippen molar-refractivity contribution in [2.24, 2.45) is 0 Å². The lowest BCUT2D eigenvalue weighted by Gasteiger charge is -2.02. The standard InChI is InChI=1S/C10H11NO/c1-2-11-9-4-3-5-10-8(9)6-7-12-10/h3-7,11H,2H2,1H3. The lowest BCUT2D eigenvalue weighted by molar-refractivity contribution is 0.616. The van der Waals surface area contributed by atoms with Crippen molar-refractivity contribution in [1.29, 1.82) is 0 Å². The van der Waals surface area contributed by atoms with Crippen molar-refractivity contribution in [3.05, 3.63) is 30.5 Å². The number of benzene rings is 1. The zero-order valence-electron chi connectivity index (χ0n) is 7.00. The molecule has 0 saturated heterocycles. The number of anilines is 1. The molecular formula is C10H11NO. The molecule has 12 heavy (non-hydrogen) atoms. The molecule has 0 aliphatic rings. The maximum absolute atomic E-state index is 5.26. The molecule has 0 amide bonds. The van der Waals surface area contributed by atoms with Crippen molar-refractivity contribution >= 4 is 16.7 Å². The lowest BCUT2D eigenvalue weighted by atomic mass is 10.2. The van der Waals surface area contributed by atoms with Gasteiger partial charge in [-0.3, -0.25) is 0 Å². The summed E-state index contributed by atoms with van der Waals surface area (Å²) in [6.45, 7) is 3.02. The van der Waals surface area contributed by atoms with E-state index in [-0.39, 0.29) is 0 Å². The Morgan fingerprint density at radius 2 is 2.25 bits per heavy atom. The van der Waals surface area contributed by atoms with Crippen LogP contribution in [0.4, 0.5) is 5.69 Å². The van der Waals surface area contributed by atoms with Crippen molar-refractivity contribution in [2.45, 2.75) is 6.92 Å². The highest BCUT2D eigenvalue weighted by Gasteiger charge is 2.00. The maximum Gasteiger partial charge on any atom is 0.135 e. The molecule has 0 spiro atoms. The van der Waals surface area contributed by atoms with Crippen LogP contribution in [-0.4, -0.2) is 6.54 Å². The predicted octanol–water partition coefficient (Wildman–Crippen LogP) is 2.86. The molecule has 2 rings (SSSR count). The van der Waals surface area contributed by atoms with E-state index in [1.54, 1.807) is 6.26 Å². The molecule has 2 aromatic rings. The number of hydrogen-bond acceptors (Lipinski definition) is 2. The molecule has 0 aliphatic heterocycles. The highest BCUT2D eigenvalue weighted by molar-refractivity contribution is 5.90. The highest BCUT2D eigenvalue weighted by atomic mass is 16.3. The molecule has 0 radical (unpaired) electrons. The van der Waals surface area contributed by atoms with Gasteiger partial charge < -0.3 is 9.73 Å². The summed E-state index contributed by atoms with van der Waals surface area (Å²) in [6, 6.07) is 7.99. The molecule has 2 nitrogen and oxygen atoms in total. The van der Waals surface area contributed by atoms with Gasteiger partial charge in [-0.15, -0.1) is 0 Å². The van der Waals surface area contributed by atoms with E-state index in [0.717, 1.165) is 23.2 Å². The van der Waals surface area contributed by atoms with Gasteiger partial charge in [0.2, 0.25) is 0 Å². The van der Waals surface area contributed by atoms with Crippen LogP contribution < -0.4 is 5.32 Å². The molecule has 1 aromatic heterocycles. The second kappa shape index (κ2) is 2.89. The Bertz CT molecular complexity index is 378. The fourth-order valence-corrected chi connectivity index (χ4v) is 1.34. The molecular weight excluding hydrogens is 150 g/mol. The smallest absolute Gasteiger partial charge is 0.135 e. The molecule has 0 bridgehead atoms. The van der Waals surface area contributed by atoms with Crippen molar-refractivity contribution in [2.75, 3.05) is 11.9 Å². The van der Waals surface area contributed by atoms with E-state index in [2.05, 4.69) is 18.3 Å². The van der Waals surface area contributed by atoms with E-state index in [4.69, 9.17) is 4.42 Å². The van der Waals surface area contributed by atoms with Crippen molar-refractivity contribution < 1.29 is 4.42 Å². The van der Waals surface area contributed by atoms with E-state index in [0.29, 0.717) is 0 Å². The van der Waals surface area contributed by atoms with E-state index in [9.17, 15) is 0 Å². The summed E-state index contributed by atoms with van der Waals surface area (Å²) < 4.78 is 5.26. The van der Waals surface area contributed by atoms with Crippen molar-refractivity contribution in [3.8, 4) is 0 Å². The summed E-state index contributed by atoms with van der Waals surface area (Å²) in [5, 5.41) is 4.43. The number of nitrogens with one attached hydrogen (secondary N) is 1. The van der Waals surface area contributed by atoms with E-state index >= 15 is 0 Å². The minimum Gasteiger partial charge on any atom is -0.464 e. The van der Waals surface area contributed by atoms with Crippen molar-refractivity contribution in [1.82, 2.24) is 0 Å². The quantitative estimate of drug-likeness (QED) is 0.732. The molecule has 2 heteroatoms. The Balaban J connectivity index is 2.57. The zero-order valence-corrected chi connectivity index (χ0v) is 7.00. The molecule has 0 unspecified atom stereocenters. The van der Waals surface area contributed by atoms with Gasteiger partial charge in [0, 0.05) is 17.6 Å². The van der Waals surface area contributed by atoms with Gasteiger partial charge in [-0.2, -0.15) is 0 Å². The zero-order chi connectivity index (χ0) is 8.39. The van der Waals surface area contributed by atoms with Crippen LogP contribution in [0.1, 0.15) is 6.92 Å². The first-order chi connectivity index (χ1) is 5.92. The Labute approximate surface area is 71.2 Å². The van der Waals surface area contributed by atoms with Gasteiger partial charge in [-0.1, -0.05) is 6.07 Å². The topological polar surface area (TPSA) is 25.2 Å². The van der Waals surface area contributed by atoms with Crippen LogP contribution in [0.3, 0.4) is 0 Å². The average molecular weight is 161 g/mol. The van der Waals surface area contributed by atoms with E-state index in [1.165, 1.54) is 0 Å². The molecule has 0 saturated carbocycles. The summed E-state index contributed by atoms with van der Waals surface area (Å²) in [5.74, 6) is 0. The van der Waals surface area contributed by atoms with Crippen LogP contribution in [-0.2, 0) is 0 Å². The van der Waals surface area contributed by atoms with E-state index < -0.39 is 0 Å². The summed E-state index contributed by atoms with van der Waals surface area (Å²) in [4.78, 5) is 0. The van der Waals surface area contributed by atoms with Crippen LogP contribution >= 0.6 is 0 Å². The van der Waals surface area contributed by atoms with Gasteiger partial charge in [0.1, 0.15) is 5.58 Å². The highest BCUT2D eigenvalue weighted by Crippen LogP contribution is 2.23. The molecule has 1 heterocycles. The summed E-state index contributed by atoms with van der Waals surface area (Å²) in [5.41, 5.74) is 2.08. The summed E-state index contributed by atoms with van der Waals surface area (Å²) in [7, 11) is 0. The van der Waals surface area contributed by atoms with Gasteiger partial charge in [0.25, 0.3) is 0 Å². The van der Waals surface area contributed by atoms with Gasteiger partial charge in [-0.05, 0) is 25.1 Å². The lowest BCUT2D eigenvalue weighted by Crippen LogP contribution is -1.95. The summed E-state index contributed by atoms with van der Waals surface area (Å²) in [6.07, 6.45) is 1.71. The Kier molecular flexibility index (Phi) is 1.74. The minimum absolute atomic E-state index is 0.935. The normalized spacial score (nSPS) is 10.4. The van der Waals surface area contributed by atoms with Gasteiger partial charge in [-0.25, -0.2) is 0 Å². The van der Waals surface area contributed by atoms with Crippen LogP contribution in [0.5, 0.6) is 0 Å². The second-order valence-electron chi connectivity index (χ2n) is 2.67. The molecule has 1 N–H and O–H groups in total.